The predicted molar refractivity (Wildman–Crippen MR) is 231 cm³/mol. The Labute approximate surface area is 364 Å². The molecule has 4 fully saturated rings. The van der Waals surface area contributed by atoms with Crippen molar-refractivity contribution in [3.63, 3.8) is 0 Å². The lowest BCUT2D eigenvalue weighted by atomic mass is 9.75. The molecule has 19 heteroatoms. The second-order valence-electron chi connectivity index (χ2n) is 16.0. The molecule has 0 bridgehead atoms. The van der Waals surface area contributed by atoms with Crippen LogP contribution in [0.1, 0.15) is 82.8 Å². The van der Waals surface area contributed by atoms with Crippen LogP contribution in [0.3, 0.4) is 0 Å². The minimum absolute atomic E-state index is 0. The van der Waals surface area contributed by atoms with Gasteiger partial charge in [0.1, 0.15) is 9.79 Å². The smallest absolute Gasteiger partial charge is 0.397 e. The number of anilines is 4. The van der Waals surface area contributed by atoms with E-state index in [0.29, 0.717) is 30.0 Å². The van der Waals surface area contributed by atoms with Gasteiger partial charge in [0.25, 0.3) is 19.1 Å². The minimum atomic E-state index is -4.57. The lowest BCUT2D eigenvalue weighted by Crippen LogP contribution is -2.42. The van der Waals surface area contributed by atoms with Gasteiger partial charge < -0.3 is 15.5 Å². The molecule has 4 heterocycles. The number of rotatable bonds is 6. The van der Waals surface area contributed by atoms with E-state index in [0.717, 1.165) is 74.8 Å². The van der Waals surface area contributed by atoms with E-state index in [1.165, 1.54) is 106 Å². The molecule has 0 amide bonds. The van der Waals surface area contributed by atoms with Crippen LogP contribution < -0.4 is 20.3 Å². The highest BCUT2D eigenvalue weighted by molar-refractivity contribution is 8.13. The van der Waals surface area contributed by atoms with Crippen molar-refractivity contribution in [2.75, 3.05) is 46.4 Å². The van der Waals surface area contributed by atoms with Gasteiger partial charge in [-0.1, -0.05) is 46.0 Å². The third-order valence-corrected chi connectivity index (χ3v) is 14.7. The highest BCUT2D eigenvalue weighted by Crippen LogP contribution is 2.43. The third kappa shape index (κ3) is 12.7. The molecule has 2 aliphatic heterocycles. The standard InChI is InChI=1S/C21H24F3N3O2S.C16H21F3N2.C5H4ClNO2S.CH4/c22-21(23,24)17-7-8-20(27-11-9-15-4-1-2-5-16(15)14-27)19(12-17)26-30(28,29)18-6-3-10-25-13-18;17-16(18,19)13-5-6-15(14(20)9-13)21-8-7-11-3-1-2-4-12(11)10-21;6-10(8,9)5-2-1-3-7-4-5;/h3,6-8,10,12-13,15-16,26H,1-2,4-5,9,11,14H2;5-6,9,11-12H,1-4,7-8,10,20H2;1-4H;1H4/t15-,16-;11-,12-;;/m00../s1. The van der Waals surface area contributed by atoms with Gasteiger partial charge in [0, 0.05) is 61.6 Å². The van der Waals surface area contributed by atoms with Gasteiger partial charge in [-0.3, -0.25) is 14.7 Å². The Bertz CT molecular complexity index is 2310. The van der Waals surface area contributed by atoms with Crippen LogP contribution in [0.15, 0.2) is 95.2 Å². The predicted octanol–water partition coefficient (Wildman–Crippen LogP) is 10.9. The number of halogens is 7. The maximum absolute atomic E-state index is 13.3. The minimum Gasteiger partial charge on any atom is -0.397 e. The zero-order valence-electron chi connectivity index (χ0n) is 33.3. The summed E-state index contributed by atoms with van der Waals surface area (Å²) in [4.78, 5) is 11.5. The van der Waals surface area contributed by atoms with E-state index in [1.54, 1.807) is 0 Å². The van der Waals surface area contributed by atoms with Crippen LogP contribution in [-0.2, 0) is 31.4 Å². The number of nitrogens with zero attached hydrogens (tertiary/aromatic N) is 4. The molecule has 3 N–H and O–H groups in total. The first-order chi connectivity index (χ1) is 28.8. The van der Waals surface area contributed by atoms with Gasteiger partial charge in [0.15, 0.2) is 0 Å². The molecule has 2 aromatic heterocycles. The molecule has 340 valence electrons. The van der Waals surface area contributed by atoms with E-state index in [2.05, 4.69) is 19.6 Å². The Morgan fingerprint density at radius 2 is 1.08 bits per heavy atom. The van der Waals surface area contributed by atoms with Crippen molar-refractivity contribution in [1.29, 1.82) is 0 Å². The van der Waals surface area contributed by atoms with Crippen molar-refractivity contribution in [3.8, 4) is 0 Å². The maximum Gasteiger partial charge on any atom is 0.416 e. The fraction of sp³-hybridized carbons (Fsp3) is 0.488. The molecule has 2 saturated carbocycles. The van der Waals surface area contributed by atoms with E-state index in [1.807, 2.05) is 4.90 Å². The monoisotopic (exact) mass is 930 g/mol. The van der Waals surface area contributed by atoms with Crippen LogP contribution >= 0.6 is 10.7 Å². The van der Waals surface area contributed by atoms with E-state index in [9.17, 15) is 43.2 Å². The summed E-state index contributed by atoms with van der Waals surface area (Å²) in [5.41, 5.74) is 5.74. The van der Waals surface area contributed by atoms with Crippen molar-refractivity contribution in [1.82, 2.24) is 9.97 Å². The second-order valence-corrected chi connectivity index (χ2v) is 20.2. The molecular formula is C43H53ClF6N6O4S2. The molecule has 4 atom stereocenters. The van der Waals surface area contributed by atoms with Gasteiger partial charge in [-0.25, -0.2) is 16.8 Å². The number of hydrogen-bond acceptors (Lipinski definition) is 9. The Kier molecular flexibility index (Phi) is 16.1. The third-order valence-electron chi connectivity index (χ3n) is 12.0. The van der Waals surface area contributed by atoms with Crippen LogP contribution in [-0.4, -0.2) is 53.0 Å². The zero-order valence-corrected chi connectivity index (χ0v) is 35.6. The number of pyridine rings is 2. The molecule has 2 aliphatic carbocycles. The van der Waals surface area contributed by atoms with E-state index in [4.69, 9.17) is 16.4 Å². The average Bonchev–Trinajstić information content (AvgIpc) is 3.23. The van der Waals surface area contributed by atoms with Gasteiger partial charge in [0.05, 0.1) is 33.9 Å². The summed E-state index contributed by atoms with van der Waals surface area (Å²) in [6.07, 6.45) is 8.34. The molecule has 0 spiro atoms. The van der Waals surface area contributed by atoms with E-state index < -0.39 is 42.6 Å². The lowest BCUT2D eigenvalue weighted by molar-refractivity contribution is -0.138. The van der Waals surface area contributed by atoms with Gasteiger partial charge >= 0.3 is 12.4 Å². The number of aromatic nitrogens is 2. The van der Waals surface area contributed by atoms with Crippen molar-refractivity contribution < 1.29 is 43.2 Å². The number of piperidine rings is 2. The second kappa shape index (κ2) is 20.5. The first-order valence-electron chi connectivity index (χ1n) is 20.2. The molecule has 4 aromatic rings. The van der Waals surface area contributed by atoms with Crippen LogP contribution in [0.25, 0.3) is 0 Å². The molecule has 10 nitrogen and oxygen atoms in total. The summed E-state index contributed by atoms with van der Waals surface area (Å²) >= 11 is 0. The Balaban J connectivity index is 0.000000196. The summed E-state index contributed by atoms with van der Waals surface area (Å²) < 4.78 is 127. The SMILES string of the molecule is C.Nc1cc(C(F)(F)F)ccc1N1CC[C@@H]2CCCC[C@H]2C1.O=S(=O)(Cl)c1cccnc1.O=S(=O)(Nc1cc(C(F)(F)F)ccc1N1CC[C@@H]2CCCC[C@H]2C1)c1cccnc1. The maximum atomic E-state index is 13.3. The number of nitrogen functional groups attached to an aromatic ring is 1. The summed E-state index contributed by atoms with van der Waals surface area (Å²) in [5, 5.41) is 0. The molecule has 0 unspecified atom stereocenters. The highest BCUT2D eigenvalue weighted by Gasteiger charge is 2.36. The molecule has 2 aromatic carbocycles. The first-order valence-corrected chi connectivity index (χ1v) is 24.0. The van der Waals surface area contributed by atoms with Crippen LogP contribution in [0, 0.1) is 23.7 Å². The summed E-state index contributed by atoms with van der Waals surface area (Å²) in [6.45, 7) is 3.27. The van der Waals surface area contributed by atoms with E-state index in [-0.39, 0.29) is 28.6 Å². The number of sulfonamides is 1. The molecular weight excluding hydrogens is 878 g/mol. The van der Waals surface area contributed by atoms with Crippen LogP contribution in [0.2, 0.25) is 0 Å². The normalized spacial score (nSPS) is 21.7. The number of alkyl halides is 6. The quantitative estimate of drug-likeness (QED) is 0.110. The van der Waals surface area contributed by atoms with Crippen molar-refractivity contribution in [3.05, 3.63) is 96.6 Å². The van der Waals surface area contributed by atoms with Gasteiger partial charge in [-0.05, 0) is 110 Å². The van der Waals surface area contributed by atoms with Gasteiger partial charge in [-0.15, -0.1) is 0 Å². The topological polar surface area (TPSA) is 139 Å². The number of hydrogen-bond donors (Lipinski definition) is 2. The number of nitrogens with two attached hydrogens (primary N) is 1. The summed E-state index contributed by atoms with van der Waals surface area (Å²) in [7, 11) is -2.67. The van der Waals surface area contributed by atoms with Gasteiger partial charge in [0.2, 0.25) is 0 Å². The Hall–Kier alpha value is -4.29. The average molecular weight is 932 g/mol. The van der Waals surface area contributed by atoms with Crippen LogP contribution in [0.4, 0.5) is 49.1 Å². The van der Waals surface area contributed by atoms with Crippen LogP contribution in [0.5, 0.6) is 0 Å². The van der Waals surface area contributed by atoms with Crippen molar-refractivity contribution in [2.24, 2.45) is 23.7 Å². The summed E-state index contributed by atoms with van der Waals surface area (Å²) in [5.74, 6) is 2.62. The fourth-order valence-electron chi connectivity index (χ4n) is 8.93. The van der Waals surface area contributed by atoms with Crippen molar-refractivity contribution in [2.45, 2.75) is 93.8 Å². The zero-order chi connectivity index (χ0) is 44.0. The summed E-state index contributed by atoms with van der Waals surface area (Å²) in [6, 6.07) is 12.7. The Morgan fingerprint density at radius 1 is 0.629 bits per heavy atom. The van der Waals surface area contributed by atoms with Crippen molar-refractivity contribution >= 4 is 52.5 Å². The number of fused-ring (bicyclic) bond motifs is 2. The van der Waals surface area contributed by atoms with Gasteiger partial charge in [-0.2, -0.15) is 26.3 Å². The molecule has 0 radical (unpaired) electrons. The first kappa shape index (κ1) is 48.7. The highest BCUT2D eigenvalue weighted by atomic mass is 35.7. The molecule has 2 saturated heterocycles. The number of nitrogens with one attached hydrogen (secondary N) is 1. The fourth-order valence-corrected chi connectivity index (χ4v) is 10.7. The molecule has 8 rings (SSSR count). The Morgan fingerprint density at radius 3 is 1.52 bits per heavy atom. The molecule has 62 heavy (non-hydrogen) atoms. The molecule has 4 aliphatic rings. The number of benzene rings is 2. The largest absolute Gasteiger partial charge is 0.416 e. The van der Waals surface area contributed by atoms with E-state index >= 15 is 0 Å². The lowest BCUT2D eigenvalue weighted by Gasteiger charge is -2.42.